The topological polar surface area (TPSA) is 42.2 Å². The molecule has 1 rings (SSSR count). The number of carbonyl (C=O) groups excluding carboxylic acids is 1. The van der Waals surface area contributed by atoms with E-state index in [0.29, 0.717) is 18.2 Å². The molecule has 0 aromatic carbocycles. The number of hydrogen-bond donors (Lipinski definition) is 1. The van der Waals surface area contributed by atoms with Crippen molar-refractivity contribution in [3.63, 3.8) is 0 Å². The number of amides is 1. The molecule has 0 saturated heterocycles. The smallest absolute Gasteiger partial charge is 0.226 e. The molecule has 0 saturated carbocycles. The average Bonchev–Trinajstić information content (AvgIpc) is 2.53. The lowest BCUT2D eigenvalue weighted by Crippen LogP contribution is -2.11. The third-order valence-electron chi connectivity index (χ3n) is 1.73. The Morgan fingerprint density at radius 1 is 1.62 bits per heavy atom. The molecule has 1 heterocycles. The van der Waals surface area contributed by atoms with E-state index in [0.717, 1.165) is 6.42 Å². The summed E-state index contributed by atoms with van der Waals surface area (Å²) in [5, 5.41) is 2.67. The summed E-state index contributed by atoms with van der Waals surface area (Å²) >= 11 is 0. The van der Waals surface area contributed by atoms with Crippen LogP contribution < -0.4 is 5.32 Å². The van der Waals surface area contributed by atoms with Crippen molar-refractivity contribution < 1.29 is 9.21 Å². The minimum absolute atomic E-state index is 0.0173. The summed E-state index contributed by atoms with van der Waals surface area (Å²) in [6.07, 6.45) is 3.00. The normalized spacial score (nSPS) is 10.4. The lowest BCUT2D eigenvalue weighted by molar-refractivity contribution is -0.116. The maximum atomic E-state index is 11.2. The molecular formula is C10H15NO2. The fraction of sp³-hybridized carbons (Fsp3) is 0.500. The first-order chi connectivity index (χ1) is 6.18. The summed E-state index contributed by atoms with van der Waals surface area (Å²) in [5.74, 6) is 1.10. The van der Waals surface area contributed by atoms with Gasteiger partial charge < -0.3 is 4.42 Å². The Bertz CT molecular complexity index is 252. The van der Waals surface area contributed by atoms with Crippen LogP contribution in [0.4, 0.5) is 5.88 Å². The van der Waals surface area contributed by atoms with Crippen LogP contribution >= 0.6 is 0 Å². The van der Waals surface area contributed by atoms with Crippen LogP contribution in [0.25, 0.3) is 0 Å². The van der Waals surface area contributed by atoms with E-state index in [1.165, 1.54) is 6.26 Å². The zero-order valence-electron chi connectivity index (χ0n) is 8.04. The molecule has 0 atom stereocenters. The van der Waals surface area contributed by atoms with Gasteiger partial charge in [0.2, 0.25) is 5.91 Å². The van der Waals surface area contributed by atoms with E-state index in [2.05, 4.69) is 19.2 Å². The van der Waals surface area contributed by atoms with Gasteiger partial charge in [-0.1, -0.05) is 13.8 Å². The minimum Gasteiger partial charge on any atom is -0.449 e. The number of furan rings is 1. The molecular weight excluding hydrogens is 166 g/mol. The molecule has 0 spiro atoms. The monoisotopic (exact) mass is 181 g/mol. The fourth-order valence-corrected chi connectivity index (χ4v) is 0.969. The van der Waals surface area contributed by atoms with Gasteiger partial charge >= 0.3 is 0 Å². The van der Waals surface area contributed by atoms with E-state index in [1.807, 2.05) is 0 Å². The maximum Gasteiger partial charge on any atom is 0.226 e. The summed E-state index contributed by atoms with van der Waals surface area (Å²) in [7, 11) is 0. The van der Waals surface area contributed by atoms with Crippen molar-refractivity contribution in [1.29, 1.82) is 0 Å². The maximum absolute atomic E-state index is 11.2. The highest BCUT2D eigenvalue weighted by atomic mass is 16.3. The zero-order chi connectivity index (χ0) is 9.68. The van der Waals surface area contributed by atoms with Gasteiger partial charge in [0.15, 0.2) is 5.88 Å². The van der Waals surface area contributed by atoms with Crippen molar-refractivity contribution in [2.45, 2.75) is 26.7 Å². The van der Waals surface area contributed by atoms with E-state index in [1.54, 1.807) is 12.1 Å². The van der Waals surface area contributed by atoms with Gasteiger partial charge in [-0.25, -0.2) is 0 Å². The zero-order valence-corrected chi connectivity index (χ0v) is 8.04. The highest BCUT2D eigenvalue weighted by Crippen LogP contribution is 2.09. The van der Waals surface area contributed by atoms with Gasteiger partial charge in [-0.2, -0.15) is 0 Å². The third-order valence-corrected chi connectivity index (χ3v) is 1.73. The second-order valence-electron chi connectivity index (χ2n) is 3.46. The molecule has 1 aromatic rings. The average molecular weight is 181 g/mol. The van der Waals surface area contributed by atoms with Crippen LogP contribution in [0, 0.1) is 5.92 Å². The Morgan fingerprint density at radius 2 is 2.38 bits per heavy atom. The van der Waals surface area contributed by atoms with Gasteiger partial charge in [0.1, 0.15) is 0 Å². The van der Waals surface area contributed by atoms with Crippen LogP contribution in [0.2, 0.25) is 0 Å². The van der Waals surface area contributed by atoms with Crippen molar-refractivity contribution in [2.24, 2.45) is 5.92 Å². The summed E-state index contributed by atoms with van der Waals surface area (Å²) in [4.78, 5) is 11.2. The van der Waals surface area contributed by atoms with Crippen LogP contribution in [-0.4, -0.2) is 5.91 Å². The number of rotatable bonds is 4. The van der Waals surface area contributed by atoms with Gasteiger partial charge in [-0.05, 0) is 18.4 Å². The molecule has 0 aliphatic rings. The summed E-state index contributed by atoms with van der Waals surface area (Å²) in [6, 6.07) is 3.48. The Kier molecular flexibility index (Phi) is 3.55. The fourth-order valence-electron chi connectivity index (χ4n) is 0.969. The molecule has 0 radical (unpaired) electrons. The molecule has 13 heavy (non-hydrogen) atoms. The molecule has 1 aromatic heterocycles. The molecule has 0 fully saturated rings. The van der Waals surface area contributed by atoms with E-state index in [-0.39, 0.29) is 5.91 Å². The summed E-state index contributed by atoms with van der Waals surface area (Å²) in [5.41, 5.74) is 0. The van der Waals surface area contributed by atoms with Crippen molar-refractivity contribution in [3.05, 3.63) is 18.4 Å². The number of anilines is 1. The van der Waals surface area contributed by atoms with E-state index in [4.69, 9.17) is 4.42 Å². The first-order valence-corrected chi connectivity index (χ1v) is 4.52. The van der Waals surface area contributed by atoms with Gasteiger partial charge in [0, 0.05) is 12.5 Å². The molecule has 0 bridgehead atoms. The van der Waals surface area contributed by atoms with Crippen LogP contribution in [0.1, 0.15) is 26.7 Å². The minimum atomic E-state index is 0.0173. The van der Waals surface area contributed by atoms with E-state index in [9.17, 15) is 4.79 Å². The predicted molar refractivity (Wildman–Crippen MR) is 51.4 cm³/mol. The quantitative estimate of drug-likeness (QED) is 0.775. The van der Waals surface area contributed by atoms with Crippen LogP contribution in [0.5, 0.6) is 0 Å². The van der Waals surface area contributed by atoms with Gasteiger partial charge in [0.25, 0.3) is 0 Å². The lowest BCUT2D eigenvalue weighted by atomic mass is 10.1. The van der Waals surface area contributed by atoms with Crippen LogP contribution in [-0.2, 0) is 4.79 Å². The van der Waals surface area contributed by atoms with Gasteiger partial charge in [-0.3, -0.25) is 10.1 Å². The highest BCUT2D eigenvalue weighted by molar-refractivity contribution is 5.89. The van der Waals surface area contributed by atoms with Gasteiger partial charge in [0.05, 0.1) is 6.26 Å². The number of hydrogen-bond acceptors (Lipinski definition) is 2. The summed E-state index contributed by atoms with van der Waals surface area (Å²) in [6.45, 7) is 4.19. The van der Waals surface area contributed by atoms with Crippen LogP contribution in [0.15, 0.2) is 22.8 Å². The Labute approximate surface area is 78.1 Å². The molecule has 1 amide bonds. The molecule has 0 aliphatic carbocycles. The highest BCUT2D eigenvalue weighted by Gasteiger charge is 2.04. The van der Waals surface area contributed by atoms with Crippen molar-refractivity contribution in [3.8, 4) is 0 Å². The standard InChI is InChI=1S/C10H15NO2/c1-8(2)5-6-9(12)11-10-4-3-7-13-10/h3-4,7-8H,5-6H2,1-2H3,(H,11,12). The Balaban J connectivity index is 2.26. The molecule has 3 nitrogen and oxygen atoms in total. The van der Waals surface area contributed by atoms with E-state index >= 15 is 0 Å². The SMILES string of the molecule is CC(C)CCC(=O)Nc1ccco1. The summed E-state index contributed by atoms with van der Waals surface area (Å²) < 4.78 is 4.98. The van der Waals surface area contributed by atoms with E-state index < -0.39 is 0 Å². The number of carbonyl (C=O) groups is 1. The largest absolute Gasteiger partial charge is 0.449 e. The second kappa shape index (κ2) is 4.70. The third kappa shape index (κ3) is 3.78. The van der Waals surface area contributed by atoms with Crippen molar-refractivity contribution in [2.75, 3.05) is 5.32 Å². The molecule has 3 heteroatoms. The molecule has 0 unspecified atom stereocenters. The predicted octanol–water partition coefficient (Wildman–Crippen LogP) is 2.65. The van der Waals surface area contributed by atoms with Crippen molar-refractivity contribution >= 4 is 11.8 Å². The second-order valence-corrected chi connectivity index (χ2v) is 3.46. The molecule has 0 aliphatic heterocycles. The Morgan fingerprint density at radius 3 is 2.92 bits per heavy atom. The number of nitrogens with one attached hydrogen (secondary N) is 1. The first kappa shape index (κ1) is 9.84. The molecule has 72 valence electrons. The van der Waals surface area contributed by atoms with Crippen molar-refractivity contribution in [1.82, 2.24) is 0 Å². The first-order valence-electron chi connectivity index (χ1n) is 4.52. The lowest BCUT2D eigenvalue weighted by Gasteiger charge is -2.03. The Hall–Kier alpha value is -1.25. The van der Waals surface area contributed by atoms with Crippen LogP contribution in [0.3, 0.4) is 0 Å². The molecule has 1 N–H and O–H groups in total. The van der Waals surface area contributed by atoms with Gasteiger partial charge in [-0.15, -0.1) is 0 Å².